The van der Waals surface area contributed by atoms with Crippen LogP contribution in [0.1, 0.15) is 93.6 Å². The minimum Gasteiger partial charge on any atom is -0.458 e. The SMILES string of the molecule is CC(C)(C)OC(=O)[C@H](CC(=O)NC1CCN(c2cccc(N=C3N(C(=O)OC(C)(C)C)CCCN3C(=O)OC(C)(C)C)c2)CC1)NC(=O)OCc1ccccc1. The number of nitrogens with one attached hydrogen (secondary N) is 2. The largest absolute Gasteiger partial charge is 0.458 e. The number of esters is 1. The number of carbonyl (C=O) groups is 5. The van der Waals surface area contributed by atoms with Gasteiger partial charge in [0.15, 0.2) is 0 Å². The van der Waals surface area contributed by atoms with E-state index >= 15 is 0 Å². The maximum atomic E-state index is 13.3. The second kappa shape index (κ2) is 18.5. The van der Waals surface area contributed by atoms with Gasteiger partial charge in [-0.25, -0.2) is 34.0 Å². The molecule has 2 aliphatic heterocycles. The minimum atomic E-state index is -1.25. The van der Waals surface area contributed by atoms with Gasteiger partial charge in [-0.3, -0.25) is 4.79 Å². The van der Waals surface area contributed by atoms with E-state index in [0.29, 0.717) is 51.1 Å². The fraction of sp³-hybridized carbons (Fsp3) is 0.561. The molecular weight excluding hydrogens is 720 g/mol. The zero-order valence-electron chi connectivity index (χ0n) is 34.2. The molecule has 4 amide bonds. The first kappa shape index (κ1) is 43.4. The smallest absolute Gasteiger partial charge is 0.417 e. The van der Waals surface area contributed by atoms with Gasteiger partial charge in [-0.1, -0.05) is 36.4 Å². The molecule has 0 bridgehead atoms. The molecule has 0 aliphatic carbocycles. The first-order chi connectivity index (χ1) is 26.2. The number of hydrogen-bond acceptors (Lipinski definition) is 11. The van der Waals surface area contributed by atoms with Crippen LogP contribution in [-0.4, -0.2) is 101 Å². The third-order valence-corrected chi connectivity index (χ3v) is 8.34. The normalized spacial score (nSPS) is 16.0. The van der Waals surface area contributed by atoms with Gasteiger partial charge in [-0.15, -0.1) is 0 Å². The Morgan fingerprint density at radius 3 is 1.88 bits per heavy atom. The van der Waals surface area contributed by atoms with Crippen LogP contribution in [-0.2, 0) is 35.1 Å². The number of guanidine groups is 1. The molecule has 2 fully saturated rings. The van der Waals surface area contributed by atoms with Crippen molar-refractivity contribution in [1.82, 2.24) is 20.4 Å². The fourth-order valence-electron chi connectivity index (χ4n) is 5.94. The number of anilines is 1. The van der Waals surface area contributed by atoms with Gasteiger partial charge < -0.3 is 34.5 Å². The van der Waals surface area contributed by atoms with Gasteiger partial charge in [0.1, 0.15) is 29.5 Å². The molecule has 2 N–H and O–H groups in total. The van der Waals surface area contributed by atoms with Crippen molar-refractivity contribution in [1.29, 1.82) is 0 Å². The van der Waals surface area contributed by atoms with Gasteiger partial charge in [-0.2, -0.15) is 0 Å². The number of alkyl carbamates (subject to hydrolysis) is 1. The van der Waals surface area contributed by atoms with Crippen LogP contribution in [0.15, 0.2) is 59.6 Å². The topological polar surface area (TPSA) is 168 Å². The molecule has 2 saturated heterocycles. The van der Waals surface area contributed by atoms with E-state index in [1.165, 1.54) is 9.80 Å². The Kier molecular flexibility index (Phi) is 14.4. The predicted octanol–water partition coefficient (Wildman–Crippen LogP) is 6.66. The molecule has 0 radical (unpaired) electrons. The Hall–Kier alpha value is -5.34. The lowest BCUT2D eigenvalue weighted by atomic mass is 10.0. The van der Waals surface area contributed by atoms with Gasteiger partial charge in [0.25, 0.3) is 0 Å². The Labute approximate surface area is 330 Å². The average molecular weight is 779 g/mol. The number of piperidine rings is 1. The van der Waals surface area contributed by atoms with Gasteiger partial charge in [0.05, 0.1) is 12.1 Å². The highest BCUT2D eigenvalue weighted by molar-refractivity contribution is 6.03. The molecule has 1 atom stereocenters. The lowest BCUT2D eigenvalue weighted by Gasteiger charge is -2.37. The molecule has 0 aromatic heterocycles. The van der Waals surface area contributed by atoms with Crippen molar-refractivity contribution in [3.05, 3.63) is 60.2 Å². The van der Waals surface area contributed by atoms with Crippen molar-refractivity contribution < 1.29 is 42.9 Å². The molecule has 0 saturated carbocycles. The highest BCUT2D eigenvalue weighted by Gasteiger charge is 2.37. The third kappa shape index (κ3) is 14.1. The van der Waals surface area contributed by atoms with Crippen LogP contribution in [0.3, 0.4) is 0 Å². The van der Waals surface area contributed by atoms with Crippen LogP contribution in [0.5, 0.6) is 0 Å². The van der Waals surface area contributed by atoms with Crippen molar-refractivity contribution in [2.75, 3.05) is 31.1 Å². The van der Waals surface area contributed by atoms with E-state index in [0.717, 1.165) is 11.3 Å². The van der Waals surface area contributed by atoms with Gasteiger partial charge >= 0.3 is 24.2 Å². The first-order valence-electron chi connectivity index (χ1n) is 19.1. The fourth-order valence-corrected chi connectivity index (χ4v) is 5.94. The maximum Gasteiger partial charge on any atom is 0.417 e. The van der Waals surface area contributed by atoms with E-state index < -0.39 is 53.0 Å². The molecular formula is C41H58N6O9. The molecule has 2 heterocycles. The maximum absolute atomic E-state index is 13.3. The summed E-state index contributed by atoms with van der Waals surface area (Å²) in [7, 11) is 0. The van der Waals surface area contributed by atoms with E-state index in [-0.39, 0.29) is 25.0 Å². The number of rotatable bonds is 9. The molecule has 56 heavy (non-hydrogen) atoms. The van der Waals surface area contributed by atoms with Crippen molar-refractivity contribution in [2.45, 2.75) is 123 Å². The number of benzene rings is 2. The average Bonchev–Trinajstić information content (AvgIpc) is 3.09. The molecule has 2 aromatic carbocycles. The van der Waals surface area contributed by atoms with E-state index in [1.807, 2.05) is 48.5 Å². The quantitative estimate of drug-likeness (QED) is 0.207. The number of ether oxygens (including phenoxy) is 4. The standard InChI is InChI=1S/C41H58N6O9/c1-39(2,3)54-34(49)32(44-36(50)53-27-28-15-11-10-12-16-28)26-33(48)42-29-19-23-45(24-20-29)31-18-13-17-30(25-31)43-35-46(37(51)55-40(4,5)6)21-14-22-47(35)38(52)56-41(7,8)9/h10-13,15-18,25,29,32H,14,19-24,26-27H2,1-9H3,(H,42,48)(H,44,50)/t32-/m0/s1. The zero-order valence-corrected chi connectivity index (χ0v) is 34.2. The second-order valence-electron chi connectivity index (χ2n) is 16.9. The van der Waals surface area contributed by atoms with Gasteiger partial charge in [-0.05, 0) is 105 Å². The molecule has 15 heteroatoms. The second-order valence-corrected chi connectivity index (χ2v) is 16.9. The van der Waals surface area contributed by atoms with E-state index in [1.54, 1.807) is 68.4 Å². The minimum absolute atomic E-state index is 0.00392. The molecule has 306 valence electrons. The molecule has 2 aliphatic rings. The summed E-state index contributed by atoms with van der Waals surface area (Å²) in [5.41, 5.74) is -0.157. The van der Waals surface area contributed by atoms with Crippen molar-refractivity contribution >= 4 is 47.5 Å². The van der Waals surface area contributed by atoms with Crippen LogP contribution in [0.2, 0.25) is 0 Å². The molecule has 0 spiro atoms. The molecule has 4 rings (SSSR count). The van der Waals surface area contributed by atoms with Crippen LogP contribution in [0, 0.1) is 0 Å². The summed E-state index contributed by atoms with van der Waals surface area (Å²) in [6.45, 7) is 17.7. The summed E-state index contributed by atoms with van der Waals surface area (Å²) in [6, 6.07) is 15.2. The Balaban J connectivity index is 1.41. The number of nitrogens with zero attached hydrogens (tertiary/aromatic N) is 4. The lowest BCUT2D eigenvalue weighted by Crippen LogP contribution is -2.56. The van der Waals surface area contributed by atoms with Crippen molar-refractivity contribution in [3.63, 3.8) is 0 Å². The monoisotopic (exact) mass is 778 g/mol. The van der Waals surface area contributed by atoms with Crippen molar-refractivity contribution in [3.8, 4) is 0 Å². The highest BCUT2D eigenvalue weighted by atomic mass is 16.6. The summed E-state index contributed by atoms with van der Waals surface area (Å²) >= 11 is 0. The highest BCUT2D eigenvalue weighted by Crippen LogP contribution is 2.27. The molecule has 2 aromatic rings. The first-order valence-corrected chi connectivity index (χ1v) is 19.1. The van der Waals surface area contributed by atoms with Crippen LogP contribution >= 0.6 is 0 Å². The van der Waals surface area contributed by atoms with Crippen LogP contribution < -0.4 is 15.5 Å². The van der Waals surface area contributed by atoms with E-state index in [9.17, 15) is 24.0 Å². The summed E-state index contributed by atoms with van der Waals surface area (Å²) in [6.07, 6.45) is -0.625. The van der Waals surface area contributed by atoms with E-state index in [2.05, 4.69) is 15.5 Å². The summed E-state index contributed by atoms with van der Waals surface area (Å²) in [5.74, 6) is -1.02. The third-order valence-electron chi connectivity index (χ3n) is 8.34. The zero-order chi connectivity index (χ0) is 41.3. The number of aliphatic imine (C=N–C) groups is 1. The van der Waals surface area contributed by atoms with E-state index in [4.69, 9.17) is 23.9 Å². The van der Waals surface area contributed by atoms with Crippen molar-refractivity contribution in [2.24, 2.45) is 4.99 Å². The predicted molar refractivity (Wildman–Crippen MR) is 211 cm³/mol. The molecule has 15 nitrogen and oxygen atoms in total. The number of hydrogen-bond donors (Lipinski definition) is 2. The summed E-state index contributed by atoms with van der Waals surface area (Å²) in [4.78, 5) is 75.2. The Morgan fingerprint density at radius 2 is 1.32 bits per heavy atom. The number of carbonyl (C=O) groups excluding carboxylic acids is 5. The molecule has 0 unspecified atom stereocenters. The Morgan fingerprint density at radius 1 is 0.750 bits per heavy atom. The lowest BCUT2D eigenvalue weighted by molar-refractivity contribution is -0.158. The van der Waals surface area contributed by atoms with Crippen LogP contribution in [0.25, 0.3) is 0 Å². The van der Waals surface area contributed by atoms with Crippen LogP contribution in [0.4, 0.5) is 25.8 Å². The van der Waals surface area contributed by atoms with Gasteiger partial charge in [0, 0.05) is 37.9 Å². The summed E-state index contributed by atoms with van der Waals surface area (Å²) in [5, 5.41) is 5.52. The van der Waals surface area contributed by atoms with Gasteiger partial charge in [0.2, 0.25) is 11.9 Å². The summed E-state index contributed by atoms with van der Waals surface area (Å²) < 4.78 is 22.1. The Bertz CT molecular complexity index is 1680. The number of amides is 4.